The number of nitrogen functional groups attached to an aromatic ring is 1. The third-order valence-electron chi connectivity index (χ3n) is 3.75. The van der Waals surface area contributed by atoms with Crippen LogP contribution in [0.25, 0.3) is 0 Å². The highest BCUT2D eigenvalue weighted by Gasteiger charge is 2.26. The first-order valence-electron chi connectivity index (χ1n) is 6.74. The van der Waals surface area contributed by atoms with Crippen LogP contribution in [-0.4, -0.2) is 36.6 Å². The van der Waals surface area contributed by atoms with E-state index in [1.165, 1.54) is 11.3 Å². The standard InChI is InChI=1S/C15H25N3/c1-12-5-6-13(16)14(11-12)17-7-9-18(10-8-17)15(2,3)4/h5-6,11H,7-10,16H2,1-4H3. The molecule has 1 aliphatic heterocycles. The summed E-state index contributed by atoms with van der Waals surface area (Å²) in [5, 5.41) is 0. The molecule has 18 heavy (non-hydrogen) atoms. The molecule has 0 spiro atoms. The molecule has 1 aromatic carbocycles. The van der Waals surface area contributed by atoms with Crippen LogP contribution in [0.15, 0.2) is 18.2 Å². The van der Waals surface area contributed by atoms with E-state index >= 15 is 0 Å². The van der Waals surface area contributed by atoms with Crippen molar-refractivity contribution in [2.24, 2.45) is 0 Å². The molecule has 0 atom stereocenters. The maximum Gasteiger partial charge on any atom is 0.0603 e. The Labute approximate surface area is 111 Å². The van der Waals surface area contributed by atoms with Gasteiger partial charge in [0.1, 0.15) is 0 Å². The topological polar surface area (TPSA) is 32.5 Å². The number of nitrogens with two attached hydrogens (primary N) is 1. The summed E-state index contributed by atoms with van der Waals surface area (Å²) in [4.78, 5) is 4.94. The minimum atomic E-state index is 0.268. The SMILES string of the molecule is Cc1ccc(N)c(N2CCN(C(C)(C)C)CC2)c1. The molecule has 0 aliphatic carbocycles. The first-order valence-corrected chi connectivity index (χ1v) is 6.74. The molecule has 0 unspecified atom stereocenters. The number of anilines is 2. The molecule has 3 heteroatoms. The third-order valence-corrected chi connectivity index (χ3v) is 3.75. The summed E-state index contributed by atoms with van der Waals surface area (Å²) in [5.41, 5.74) is 9.72. The lowest BCUT2D eigenvalue weighted by molar-refractivity contribution is 0.128. The van der Waals surface area contributed by atoms with Crippen LogP contribution in [0.2, 0.25) is 0 Å². The molecule has 0 bridgehead atoms. The van der Waals surface area contributed by atoms with Gasteiger partial charge in [-0.05, 0) is 45.4 Å². The Morgan fingerprint density at radius 1 is 1.06 bits per heavy atom. The average molecular weight is 247 g/mol. The fourth-order valence-corrected chi connectivity index (χ4v) is 2.55. The largest absolute Gasteiger partial charge is 0.397 e. The van der Waals surface area contributed by atoms with Gasteiger partial charge in [0, 0.05) is 31.7 Å². The predicted octanol–water partition coefficient (Wildman–Crippen LogP) is 2.50. The van der Waals surface area contributed by atoms with Crippen molar-refractivity contribution in [3.63, 3.8) is 0 Å². The van der Waals surface area contributed by atoms with Crippen molar-refractivity contribution < 1.29 is 0 Å². The molecule has 0 saturated carbocycles. The zero-order valence-corrected chi connectivity index (χ0v) is 12.0. The Hall–Kier alpha value is -1.22. The Balaban J connectivity index is 2.08. The number of nitrogens with zero attached hydrogens (tertiary/aromatic N) is 2. The van der Waals surface area contributed by atoms with Crippen molar-refractivity contribution >= 4 is 11.4 Å². The summed E-state index contributed by atoms with van der Waals surface area (Å²) in [6, 6.07) is 6.28. The normalized spacial score (nSPS) is 18.1. The van der Waals surface area contributed by atoms with E-state index in [1.54, 1.807) is 0 Å². The second-order valence-electron chi connectivity index (χ2n) is 6.21. The molecule has 1 fully saturated rings. The summed E-state index contributed by atoms with van der Waals surface area (Å²) in [7, 11) is 0. The van der Waals surface area contributed by atoms with Gasteiger partial charge in [0.2, 0.25) is 0 Å². The lowest BCUT2D eigenvalue weighted by Crippen LogP contribution is -2.53. The molecular formula is C15H25N3. The summed E-state index contributed by atoms with van der Waals surface area (Å²) < 4.78 is 0. The van der Waals surface area contributed by atoms with Crippen LogP contribution < -0.4 is 10.6 Å². The maximum atomic E-state index is 6.09. The lowest BCUT2D eigenvalue weighted by Gasteiger charge is -2.43. The first-order chi connectivity index (χ1) is 8.38. The molecule has 1 aliphatic rings. The molecule has 1 heterocycles. The average Bonchev–Trinajstić information content (AvgIpc) is 2.31. The van der Waals surface area contributed by atoms with E-state index < -0.39 is 0 Å². The van der Waals surface area contributed by atoms with E-state index in [0.29, 0.717) is 0 Å². The number of hydrogen-bond acceptors (Lipinski definition) is 3. The van der Waals surface area contributed by atoms with Crippen molar-refractivity contribution in [2.75, 3.05) is 36.8 Å². The molecular weight excluding hydrogens is 222 g/mol. The van der Waals surface area contributed by atoms with Crippen molar-refractivity contribution in [3.8, 4) is 0 Å². The van der Waals surface area contributed by atoms with E-state index in [2.05, 4.69) is 49.6 Å². The number of hydrogen-bond donors (Lipinski definition) is 1. The van der Waals surface area contributed by atoms with Gasteiger partial charge < -0.3 is 10.6 Å². The fourth-order valence-electron chi connectivity index (χ4n) is 2.55. The minimum absolute atomic E-state index is 0.268. The summed E-state index contributed by atoms with van der Waals surface area (Å²) >= 11 is 0. The second kappa shape index (κ2) is 4.81. The third kappa shape index (κ3) is 2.78. The molecule has 100 valence electrons. The molecule has 2 rings (SSSR count). The minimum Gasteiger partial charge on any atom is -0.397 e. The van der Waals surface area contributed by atoms with Crippen LogP contribution in [0.5, 0.6) is 0 Å². The van der Waals surface area contributed by atoms with Gasteiger partial charge in [-0.3, -0.25) is 4.90 Å². The number of benzene rings is 1. The van der Waals surface area contributed by atoms with Crippen LogP contribution in [0.4, 0.5) is 11.4 Å². The quantitative estimate of drug-likeness (QED) is 0.774. The highest BCUT2D eigenvalue weighted by molar-refractivity contribution is 5.68. The van der Waals surface area contributed by atoms with Gasteiger partial charge >= 0.3 is 0 Å². The van der Waals surface area contributed by atoms with Crippen LogP contribution in [-0.2, 0) is 0 Å². The highest BCUT2D eigenvalue weighted by atomic mass is 15.3. The fraction of sp³-hybridized carbons (Fsp3) is 0.600. The summed E-state index contributed by atoms with van der Waals surface area (Å²) in [5.74, 6) is 0. The van der Waals surface area contributed by atoms with Gasteiger partial charge in [-0.15, -0.1) is 0 Å². The number of aryl methyl sites for hydroxylation is 1. The Bertz CT molecular complexity index is 412. The second-order valence-corrected chi connectivity index (χ2v) is 6.21. The Morgan fingerprint density at radius 3 is 2.22 bits per heavy atom. The zero-order chi connectivity index (χ0) is 13.3. The monoisotopic (exact) mass is 247 g/mol. The maximum absolute atomic E-state index is 6.09. The lowest BCUT2D eigenvalue weighted by atomic mass is 10.0. The van der Waals surface area contributed by atoms with Crippen molar-refractivity contribution in [1.82, 2.24) is 4.90 Å². The zero-order valence-electron chi connectivity index (χ0n) is 12.0. The van der Waals surface area contributed by atoms with Crippen LogP contribution >= 0.6 is 0 Å². The predicted molar refractivity (Wildman–Crippen MR) is 79.1 cm³/mol. The summed E-state index contributed by atoms with van der Waals surface area (Å²) in [6.45, 7) is 13.3. The molecule has 0 aromatic heterocycles. The molecule has 3 nitrogen and oxygen atoms in total. The number of piperazine rings is 1. The molecule has 0 radical (unpaired) electrons. The molecule has 1 saturated heterocycles. The van der Waals surface area contributed by atoms with E-state index in [9.17, 15) is 0 Å². The smallest absolute Gasteiger partial charge is 0.0603 e. The van der Waals surface area contributed by atoms with E-state index in [1.807, 2.05) is 6.07 Å². The number of rotatable bonds is 1. The Kier molecular flexibility index (Phi) is 3.53. The van der Waals surface area contributed by atoms with Gasteiger partial charge in [-0.2, -0.15) is 0 Å². The van der Waals surface area contributed by atoms with Gasteiger partial charge in [-0.1, -0.05) is 6.07 Å². The van der Waals surface area contributed by atoms with Crippen molar-refractivity contribution in [1.29, 1.82) is 0 Å². The van der Waals surface area contributed by atoms with Gasteiger partial charge in [0.05, 0.1) is 11.4 Å². The molecule has 1 aromatic rings. The van der Waals surface area contributed by atoms with Crippen molar-refractivity contribution in [2.45, 2.75) is 33.2 Å². The van der Waals surface area contributed by atoms with Crippen LogP contribution in [0, 0.1) is 6.92 Å². The van der Waals surface area contributed by atoms with Gasteiger partial charge in [0.25, 0.3) is 0 Å². The summed E-state index contributed by atoms with van der Waals surface area (Å²) in [6.07, 6.45) is 0. The van der Waals surface area contributed by atoms with Crippen molar-refractivity contribution in [3.05, 3.63) is 23.8 Å². The molecule has 2 N–H and O–H groups in total. The van der Waals surface area contributed by atoms with Gasteiger partial charge in [-0.25, -0.2) is 0 Å². The van der Waals surface area contributed by atoms with E-state index in [4.69, 9.17) is 5.73 Å². The first kappa shape index (κ1) is 13.2. The van der Waals surface area contributed by atoms with E-state index in [0.717, 1.165) is 31.9 Å². The van der Waals surface area contributed by atoms with E-state index in [-0.39, 0.29) is 5.54 Å². The van der Waals surface area contributed by atoms with Crippen LogP contribution in [0.3, 0.4) is 0 Å². The Morgan fingerprint density at radius 2 is 1.67 bits per heavy atom. The van der Waals surface area contributed by atoms with Crippen LogP contribution in [0.1, 0.15) is 26.3 Å². The highest BCUT2D eigenvalue weighted by Crippen LogP contribution is 2.26. The molecule has 0 amide bonds. The van der Waals surface area contributed by atoms with Gasteiger partial charge in [0.15, 0.2) is 0 Å².